The van der Waals surface area contributed by atoms with Gasteiger partial charge in [0.15, 0.2) is 0 Å². The smallest absolute Gasteiger partial charge is 0.0991 e. The number of benzene rings is 2. The summed E-state index contributed by atoms with van der Waals surface area (Å²) in [5.74, 6) is 0. The highest BCUT2D eigenvalue weighted by atomic mass is 15.1. The molecule has 0 radical (unpaired) electrons. The third kappa shape index (κ3) is 4.32. The Kier molecular flexibility index (Phi) is 4.89. The molecule has 0 aliphatic carbocycles. The molecule has 0 unspecified atom stereocenters. The van der Waals surface area contributed by atoms with Crippen molar-refractivity contribution in [1.29, 1.82) is 5.26 Å². The van der Waals surface area contributed by atoms with E-state index < -0.39 is 0 Å². The molecule has 0 saturated heterocycles. The molecule has 0 aliphatic heterocycles. The van der Waals surface area contributed by atoms with E-state index in [1.54, 1.807) is 18.3 Å². The second kappa shape index (κ2) is 7.06. The molecule has 104 valence electrons. The second-order valence-electron chi connectivity index (χ2n) is 4.78. The van der Waals surface area contributed by atoms with Gasteiger partial charge in [-0.2, -0.15) is 5.26 Å². The van der Waals surface area contributed by atoms with Gasteiger partial charge in [0.1, 0.15) is 0 Å². The minimum absolute atomic E-state index is 0.644. The highest BCUT2D eigenvalue weighted by Crippen LogP contribution is 2.14. The molecular formula is C18H17N3. The van der Waals surface area contributed by atoms with Crippen molar-refractivity contribution in [2.75, 3.05) is 19.0 Å². The average Bonchev–Trinajstić information content (AvgIpc) is 2.52. The molecule has 0 amide bonds. The van der Waals surface area contributed by atoms with Crippen LogP contribution >= 0.6 is 0 Å². The number of anilines is 1. The van der Waals surface area contributed by atoms with Crippen LogP contribution in [0.2, 0.25) is 0 Å². The van der Waals surface area contributed by atoms with E-state index in [9.17, 15) is 0 Å². The topological polar surface area (TPSA) is 39.4 Å². The Morgan fingerprint density at radius 2 is 1.67 bits per heavy atom. The van der Waals surface area contributed by atoms with Crippen molar-refractivity contribution < 1.29 is 0 Å². The number of hydrogen-bond donors (Lipinski definition) is 0. The van der Waals surface area contributed by atoms with Crippen LogP contribution in [0.4, 0.5) is 11.4 Å². The first-order valence-corrected chi connectivity index (χ1v) is 6.67. The zero-order chi connectivity index (χ0) is 15.1. The Balaban J connectivity index is 1.97. The number of nitriles is 1. The number of aliphatic imine (C=N–C) groups is 1. The first-order chi connectivity index (χ1) is 10.2. The van der Waals surface area contributed by atoms with E-state index >= 15 is 0 Å². The van der Waals surface area contributed by atoms with Crippen LogP contribution in [0.3, 0.4) is 0 Å². The lowest BCUT2D eigenvalue weighted by molar-refractivity contribution is 1.13. The molecule has 0 fully saturated rings. The molecule has 0 spiro atoms. The van der Waals surface area contributed by atoms with Gasteiger partial charge in [-0.15, -0.1) is 0 Å². The third-order valence-corrected chi connectivity index (χ3v) is 3.00. The number of hydrogen-bond acceptors (Lipinski definition) is 3. The lowest BCUT2D eigenvalue weighted by Crippen LogP contribution is -2.07. The molecule has 0 heterocycles. The summed E-state index contributed by atoms with van der Waals surface area (Å²) in [5.41, 5.74) is 3.79. The van der Waals surface area contributed by atoms with Crippen molar-refractivity contribution in [3.05, 3.63) is 65.7 Å². The number of allylic oxidation sites excluding steroid dienone is 1. The summed E-state index contributed by atoms with van der Waals surface area (Å²) >= 11 is 0. The summed E-state index contributed by atoms with van der Waals surface area (Å²) < 4.78 is 0. The maximum absolute atomic E-state index is 8.72. The van der Waals surface area contributed by atoms with Gasteiger partial charge in [0.25, 0.3) is 0 Å². The fraction of sp³-hybridized carbons (Fsp3) is 0.111. The fourth-order valence-electron chi connectivity index (χ4n) is 1.79. The van der Waals surface area contributed by atoms with Gasteiger partial charge in [0, 0.05) is 26.0 Å². The first-order valence-electron chi connectivity index (χ1n) is 6.67. The molecule has 3 nitrogen and oxygen atoms in total. The summed E-state index contributed by atoms with van der Waals surface area (Å²) in [6.07, 6.45) is 5.66. The van der Waals surface area contributed by atoms with Gasteiger partial charge in [-0.3, -0.25) is 4.99 Å². The molecule has 0 aromatic heterocycles. The summed E-state index contributed by atoms with van der Waals surface area (Å²) in [6.45, 7) is 0. The van der Waals surface area contributed by atoms with Gasteiger partial charge in [0.2, 0.25) is 0 Å². The molecule has 2 aromatic rings. The van der Waals surface area contributed by atoms with Crippen molar-refractivity contribution >= 4 is 23.7 Å². The van der Waals surface area contributed by atoms with E-state index in [4.69, 9.17) is 5.26 Å². The van der Waals surface area contributed by atoms with Crippen LogP contribution in [0.25, 0.3) is 6.08 Å². The zero-order valence-corrected chi connectivity index (χ0v) is 12.2. The van der Waals surface area contributed by atoms with E-state index in [0.29, 0.717) is 5.56 Å². The molecule has 3 heteroatoms. The zero-order valence-electron chi connectivity index (χ0n) is 12.2. The van der Waals surface area contributed by atoms with Crippen LogP contribution in [0.1, 0.15) is 11.1 Å². The van der Waals surface area contributed by atoms with Gasteiger partial charge in [0.05, 0.1) is 17.3 Å². The van der Waals surface area contributed by atoms with E-state index in [1.807, 2.05) is 38.4 Å². The van der Waals surface area contributed by atoms with Crippen molar-refractivity contribution in [3.63, 3.8) is 0 Å². The largest absolute Gasteiger partial charge is 0.378 e. The lowest BCUT2D eigenvalue weighted by Gasteiger charge is -2.11. The summed E-state index contributed by atoms with van der Waals surface area (Å²) in [5, 5.41) is 8.72. The molecule has 0 saturated carbocycles. The van der Waals surface area contributed by atoms with Crippen LogP contribution < -0.4 is 4.90 Å². The van der Waals surface area contributed by atoms with Crippen molar-refractivity contribution in [3.8, 4) is 6.07 Å². The highest BCUT2D eigenvalue weighted by Gasteiger charge is 1.93. The summed E-state index contributed by atoms with van der Waals surface area (Å²) in [4.78, 5) is 6.38. The van der Waals surface area contributed by atoms with Gasteiger partial charge >= 0.3 is 0 Å². The van der Waals surface area contributed by atoms with Crippen molar-refractivity contribution in [1.82, 2.24) is 0 Å². The Morgan fingerprint density at radius 3 is 2.24 bits per heavy atom. The van der Waals surface area contributed by atoms with Crippen molar-refractivity contribution in [2.24, 2.45) is 4.99 Å². The minimum Gasteiger partial charge on any atom is -0.378 e. The van der Waals surface area contributed by atoms with Crippen LogP contribution in [-0.2, 0) is 0 Å². The van der Waals surface area contributed by atoms with Crippen molar-refractivity contribution in [2.45, 2.75) is 0 Å². The third-order valence-electron chi connectivity index (χ3n) is 3.00. The predicted octanol–water partition coefficient (Wildman–Crippen LogP) is 4.04. The van der Waals surface area contributed by atoms with Crippen LogP contribution in [0.15, 0.2) is 59.6 Å². The molecule has 2 rings (SSSR count). The summed E-state index contributed by atoms with van der Waals surface area (Å²) in [7, 11) is 4.05. The second-order valence-corrected chi connectivity index (χ2v) is 4.78. The van der Waals surface area contributed by atoms with Gasteiger partial charge in [-0.25, -0.2) is 0 Å². The SMILES string of the molecule is CN(C)c1ccc(/C=C/C=Nc2ccc(C#N)cc2)cc1. The maximum atomic E-state index is 8.72. The minimum atomic E-state index is 0.644. The molecule has 0 atom stereocenters. The normalized spacial score (nSPS) is 10.9. The summed E-state index contributed by atoms with van der Waals surface area (Å²) in [6, 6.07) is 17.6. The highest BCUT2D eigenvalue weighted by molar-refractivity contribution is 5.80. The van der Waals surface area contributed by atoms with Crippen LogP contribution in [-0.4, -0.2) is 20.3 Å². The molecule has 0 bridgehead atoms. The van der Waals surface area contributed by atoms with Gasteiger partial charge in [-0.1, -0.05) is 18.2 Å². The first kappa shape index (κ1) is 14.5. The Morgan fingerprint density at radius 1 is 1.00 bits per heavy atom. The van der Waals surface area contributed by atoms with Gasteiger partial charge < -0.3 is 4.90 Å². The molecule has 2 aromatic carbocycles. The average molecular weight is 275 g/mol. The quantitative estimate of drug-likeness (QED) is 0.790. The standard InChI is InChI=1S/C18H17N3/c1-21(2)18-11-7-15(8-12-18)4-3-13-20-17-9-5-16(14-19)6-10-17/h3-13H,1-2H3/b4-3+,20-13?. The Bertz CT molecular complexity index is 672. The Hall–Kier alpha value is -2.86. The number of nitrogens with zero attached hydrogens (tertiary/aromatic N) is 3. The maximum Gasteiger partial charge on any atom is 0.0991 e. The van der Waals surface area contributed by atoms with Gasteiger partial charge in [-0.05, 0) is 48.0 Å². The Labute approximate surface area is 125 Å². The van der Waals surface area contributed by atoms with E-state index in [0.717, 1.165) is 11.3 Å². The predicted molar refractivity (Wildman–Crippen MR) is 89.1 cm³/mol. The molecular weight excluding hydrogens is 258 g/mol. The monoisotopic (exact) mass is 275 g/mol. The van der Waals surface area contributed by atoms with E-state index in [1.165, 1.54) is 5.69 Å². The van der Waals surface area contributed by atoms with Crippen LogP contribution in [0, 0.1) is 11.3 Å². The van der Waals surface area contributed by atoms with Crippen LogP contribution in [0.5, 0.6) is 0 Å². The number of rotatable bonds is 4. The van der Waals surface area contributed by atoms with E-state index in [2.05, 4.69) is 40.2 Å². The lowest BCUT2D eigenvalue weighted by atomic mass is 10.2. The fourth-order valence-corrected chi connectivity index (χ4v) is 1.79. The molecule has 0 aliphatic rings. The molecule has 21 heavy (non-hydrogen) atoms. The van der Waals surface area contributed by atoms with E-state index in [-0.39, 0.29) is 0 Å². The molecule has 0 N–H and O–H groups in total.